The second-order valence-electron chi connectivity index (χ2n) is 5.62. The quantitative estimate of drug-likeness (QED) is 0.696. The molecule has 1 unspecified atom stereocenters. The number of nitrogens with one attached hydrogen (secondary N) is 1. The molecule has 0 aromatic carbocycles. The molecule has 88 valence electrons. The van der Waals surface area contributed by atoms with Gasteiger partial charge in [0.05, 0.1) is 0 Å². The minimum Gasteiger partial charge on any atom is -0.311 e. The van der Waals surface area contributed by atoms with E-state index in [0.717, 1.165) is 5.92 Å². The fraction of sp³-hybridized carbons (Fsp3) is 1.00. The molecule has 1 aliphatic heterocycles. The van der Waals surface area contributed by atoms with E-state index in [1.54, 1.807) is 0 Å². The van der Waals surface area contributed by atoms with Crippen LogP contribution in [0.25, 0.3) is 0 Å². The Morgan fingerprint density at radius 3 is 2.33 bits per heavy atom. The molecule has 1 nitrogen and oxygen atoms in total. The smallest absolute Gasteiger partial charge is 0.0210 e. The molecule has 2 rings (SSSR count). The molecule has 1 N–H and O–H groups in total. The maximum Gasteiger partial charge on any atom is 0.0210 e. The molecule has 1 atom stereocenters. The first-order valence-electron chi connectivity index (χ1n) is 7.12. The van der Waals surface area contributed by atoms with Gasteiger partial charge < -0.3 is 5.32 Å². The average molecular weight is 209 g/mol. The van der Waals surface area contributed by atoms with Gasteiger partial charge in [-0.2, -0.15) is 0 Å². The maximum absolute atomic E-state index is 3.87. The standard InChI is InChI=1S/C14H27N/c1-2-10-14(11-7-12-15-14)13-8-5-3-4-6-9-13/h13,15H,2-12H2,1H3. The van der Waals surface area contributed by atoms with Gasteiger partial charge in [-0.3, -0.25) is 0 Å². The molecule has 0 bridgehead atoms. The zero-order chi connectivity index (χ0) is 10.6. The van der Waals surface area contributed by atoms with Crippen LogP contribution >= 0.6 is 0 Å². The summed E-state index contributed by atoms with van der Waals surface area (Å²) in [5.41, 5.74) is 0.555. The summed E-state index contributed by atoms with van der Waals surface area (Å²) in [6.07, 6.45) is 14.6. The summed E-state index contributed by atoms with van der Waals surface area (Å²) in [6.45, 7) is 3.62. The molecule has 1 heterocycles. The third kappa shape index (κ3) is 2.55. The van der Waals surface area contributed by atoms with E-state index in [-0.39, 0.29) is 0 Å². The summed E-state index contributed by atoms with van der Waals surface area (Å²) in [5.74, 6) is 0.988. The van der Waals surface area contributed by atoms with Crippen molar-refractivity contribution in [2.75, 3.05) is 6.54 Å². The topological polar surface area (TPSA) is 12.0 Å². The molecule has 0 amide bonds. The Bertz CT molecular complexity index is 174. The molecule has 1 saturated heterocycles. The van der Waals surface area contributed by atoms with Gasteiger partial charge in [0.15, 0.2) is 0 Å². The summed E-state index contributed by atoms with van der Waals surface area (Å²) in [5, 5.41) is 3.87. The summed E-state index contributed by atoms with van der Waals surface area (Å²) in [6, 6.07) is 0. The summed E-state index contributed by atoms with van der Waals surface area (Å²) >= 11 is 0. The third-order valence-corrected chi connectivity index (χ3v) is 4.61. The molecular weight excluding hydrogens is 182 g/mol. The molecule has 2 aliphatic rings. The molecule has 0 aromatic rings. The lowest BCUT2D eigenvalue weighted by Crippen LogP contribution is -2.46. The van der Waals surface area contributed by atoms with E-state index in [0.29, 0.717) is 5.54 Å². The highest BCUT2D eigenvalue weighted by Gasteiger charge is 2.39. The highest BCUT2D eigenvalue weighted by molar-refractivity contribution is 4.98. The first kappa shape index (κ1) is 11.4. The number of rotatable bonds is 3. The highest BCUT2D eigenvalue weighted by atomic mass is 15.0. The lowest BCUT2D eigenvalue weighted by Gasteiger charge is -2.38. The largest absolute Gasteiger partial charge is 0.311 e. The highest BCUT2D eigenvalue weighted by Crippen LogP contribution is 2.39. The summed E-state index contributed by atoms with van der Waals surface area (Å²) in [4.78, 5) is 0. The molecule has 2 fully saturated rings. The van der Waals surface area contributed by atoms with Crippen LogP contribution < -0.4 is 5.32 Å². The fourth-order valence-electron chi connectivity index (χ4n) is 3.87. The third-order valence-electron chi connectivity index (χ3n) is 4.61. The SMILES string of the molecule is CCCC1(C2CCCCCC2)CCCN1. The van der Waals surface area contributed by atoms with Gasteiger partial charge in [0.25, 0.3) is 0 Å². The summed E-state index contributed by atoms with van der Waals surface area (Å²) in [7, 11) is 0. The Hall–Kier alpha value is -0.0400. The van der Waals surface area contributed by atoms with E-state index < -0.39 is 0 Å². The molecule has 15 heavy (non-hydrogen) atoms. The van der Waals surface area contributed by atoms with E-state index in [9.17, 15) is 0 Å². The van der Waals surface area contributed by atoms with Crippen LogP contribution in [0, 0.1) is 5.92 Å². The van der Waals surface area contributed by atoms with Crippen LogP contribution in [-0.4, -0.2) is 12.1 Å². The van der Waals surface area contributed by atoms with Crippen LogP contribution in [0.4, 0.5) is 0 Å². The number of hydrogen-bond acceptors (Lipinski definition) is 1. The number of hydrogen-bond donors (Lipinski definition) is 1. The van der Waals surface area contributed by atoms with Gasteiger partial charge in [0.1, 0.15) is 0 Å². The molecule has 1 aliphatic carbocycles. The van der Waals surface area contributed by atoms with Crippen molar-refractivity contribution in [1.82, 2.24) is 5.32 Å². The van der Waals surface area contributed by atoms with E-state index in [1.807, 2.05) is 0 Å². The van der Waals surface area contributed by atoms with Gasteiger partial charge in [-0.05, 0) is 44.6 Å². The van der Waals surface area contributed by atoms with E-state index >= 15 is 0 Å². The Kier molecular flexibility index (Phi) is 4.07. The first-order valence-corrected chi connectivity index (χ1v) is 7.12. The monoisotopic (exact) mass is 209 g/mol. The van der Waals surface area contributed by atoms with Crippen molar-refractivity contribution in [3.8, 4) is 0 Å². The van der Waals surface area contributed by atoms with E-state index in [1.165, 1.54) is 70.8 Å². The minimum absolute atomic E-state index is 0.555. The molecular formula is C14H27N. The van der Waals surface area contributed by atoms with Crippen LogP contribution in [0.3, 0.4) is 0 Å². The van der Waals surface area contributed by atoms with Gasteiger partial charge >= 0.3 is 0 Å². The van der Waals surface area contributed by atoms with Crippen molar-refractivity contribution in [1.29, 1.82) is 0 Å². The van der Waals surface area contributed by atoms with Gasteiger partial charge in [0, 0.05) is 5.54 Å². The Labute approximate surface area is 95.0 Å². The maximum atomic E-state index is 3.87. The second-order valence-corrected chi connectivity index (χ2v) is 5.62. The Balaban J connectivity index is 2.01. The zero-order valence-electron chi connectivity index (χ0n) is 10.4. The van der Waals surface area contributed by atoms with Crippen molar-refractivity contribution in [3.63, 3.8) is 0 Å². The van der Waals surface area contributed by atoms with Gasteiger partial charge in [-0.15, -0.1) is 0 Å². The lowest BCUT2D eigenvalue weighted by molar-refractivity contribution is 0.197. The lowest BCUT2D eigenvalue weighted by atomic mass is 9.75. The van der Waals surface area contributed by atoms with Crippen LogP contribution in [-0.2, 0) is 0 Å². The predicted molar refractivity (Wildman–Crippen MR) is 66.1 cm³/mol. The van der Waals surface area contributed by atoms with Crippen molar-refractivity contribution < 1.29 is 0 Å². The van der Waals surface area contributed by atoms with Crippen molar-refractivity contribution in [3.05, 3.63) is 0 Å². The van der Waals surface area contributed by atoms with Crippen molar-refractivity contribution in [2.24, 2.45) is 5.92 Å². The van der Waals surface area contributed by atoms with Crippen LogP contribution in [0.2, 0.25) is 0 Å². The summed E-state index contributed by atoms with van der Waals surface area (Å²) < 4.78 is 0. The molecule has 0 radical (unpaired) electrons. The van der Waals surface area contributed by atoms with Crippen molar-refractivity contribution in [2.45, 2.75) is 76.7 Å². The van der Waals surface area contributed by atoms with Crippen LogP contribution in [0.5, 0.6) is 0 Å². The molecule has 1 heteroatoms. The first-order chi connectivity index (χ1) is 7.37. The molecule has 0 aromatic heterocycles. The second kappa shape index (κ2) is 5.34. The van der Waals surface area contributed by atoms with Crippen LogP contribution in [0.15, 0.2) is 0 Å². The minimum atomic E-state index is 0.555. The normalized spacial score (nSPS) is 34.2. The van der Waals surface area contributed by atoms with Gasteiger partial charge in [-0.1, -0.05) is 39.0 Å². The van der Waals surface area contributed by atoms with E-state index in [4.69, 9.17) is 0 Å². The van der Waals surface area contributed by atoms with Gasteiger partial charge in [0.2, 0.25) is 0 Å². The Morgan fingerprint density at radius 1 is 1.07 bits per heavy atom. The van der Waals surface area contributed by atoms with E-state index in [2.05, 4.69) is 12.2 Å². The Morgan fingerprint density at radius 2 is 1.80 bits per heavy atom. The fourth-order valence-corrected chi connectivity index (χ4v) is 3.87. The molecule has 1 saturated carbocycles. The average Bonchev–Trinajstić information content (AvgIpc) is 2.54. The predicted octanol–water partition coefficient (Wildman–Crippen LogP) is 3.88. The van der Waals surface area contributed by atoms with Crippen molar-refractivity contribution >= 4 is 0 Å². The van der Waals surface area contributed by atoms with Crippen LogP contribution in [0.1, 0.15) is 71.1 Å². The van der Waals surface area contributed by atoms with Gasteiger partial charge in [-0.25, -0.2) is 0 Å². The molecule has 0 spiro atoms. The zero-order valence-corrected chi connectivity index (χ0v) is 10.4.